The standard InChI is InChI=1S/C25H24N4O4/c1-14-18(9-11-23(30)31)15(2)26-22(14)13-20-19-12-16(8-10-21(19)27-25(20)33)24(32)29-28-17-6-4-3-5-7-17/h3-8,10,12-13,26,28H,9,11H2,1-2H3,(H,27,33)(H,29,32)(H,30,31). The third-order valence-electron chi connectivity index (χ3n) is 5.67. The summed E-state index contributed by atoms with van der Waals surface area (Å²) < 4.78 is 0. The number of carboxylic acids is 1. The highest BCUT2D eigenvalue weighted by Crippen LogP contribution is 2.35. The van der Waals surface area contributed by atoms with Crippen LogP contribution in [-0.2, 0) is 16.0 Å². The summed E-state index contributed by atoms with van der Waals surface area (Å²) in [5.41, 5.74) is 11.8. The first-order chi connectivity index (χ1) is 15.8. The zero-order valence-corrected chi connectivity index (χ0v) is 18.3. The van der Waals surface area contributed by atoms with Gasteiger partial charge in [0.05, 0.1) is 11.3 Å². The number of H-pyrrole nitrogens is 1. The minimum absolute atomic E-state index is 0.0361. The fourth-order valence-electron chi connectivity index (χ4n) is 3.91. The highest BCUT2D eigenvalue weighted by Gasteiger charge is 2.26. The average molecular weight is 444 g/mol. The van der Waals surface area contributed by atoms with Crippen LogP contribution in [-0.4, -0.2) is 27.9 Å². The normalized spacial score (nSPS) is 13.5. The van der Waals surface area contributed by atoms with Gasteiger partial charge in [0.2, 0.25) is 0 Å². The van der Waals surface area contributed by atoms with Crippen molar-refractivity contribution in [2.24, 2.45) is 0 Å². The Morgan fingerprint density at radius 3 is 2.58 bits per heavy atom. The van der Waals surface area contributed by atoms with Crippen LogP contribution in [0, 0.1) is 13.8 Å². The molecular weight excluding hydrogens is 420 g/mol. The van der Waals surface area contributed by atoms with Gasteiger partial charge in [0.1, 0.15) is 0 Å². The molecular formula is C25H24N4O4. The molecule has 0 spiro atoms. The summed E-state index contributed by atoms with van der Waals surface area (Å²) in [6.45, 7) is 3.79. The number of carboxylic acid groups (broad SMARTS) is 1. The van der Waals surface area contributed by atoms with E-state index in [2.05, 4.69) is 21.2 Å². The molecule has 3 aromatic rings. The maximum absolute atomic E-state index is 12.7. The summed E-state index contributed by atoms with van der Waals surface area (Å²) in [4.78, 5) is 39.5. The van der Waals surface area contributed by atoms with Crippen molar-refractivity contribution in [2.75, 3.05) is 10.7 Å². The molecule has 8 nitrogen and oxygen atoms in total. The molecule has 1 aromatic heterocycles. The number of aromatic amines is 1. The first-order valence-electron chi connectivity index (χ1n) is 10.5. The van der Waals surface area contributed by atoms with Crippen molar-refractivity contribution in [3.63, 3.8) is 0 Å². The third kappa shape index (κ3) is 4.64. The van der Waals surface area contributed by atoms with Gasteiger partial charge in [-0.05, 0) is 67.8 Å². The molecule has 0 radical (unpaired) electrons. The van der Waals surface area contributed by atoms with Crippen LogP contribution in [0.25, 0.3) is 11.6 Å². The number of nitrogens with one attached hydrogen (secondary N) is 4. The van der Waals surface area contributed by atoms with E-state index in [1.807, 2.05) is 44.2 Å². The molecule has 0 atom stereocenters. The largest absolute Gasteiger partial charge is 0.481 e. The van der Waals surface area contributed by atoms with Crippen LogP contribution < -0.4 is 16.2 Å². The molecule has 1 aliphatic rings. The number of carbonyl (C=O) groups is 3. The molecule has 33 heavy (non-hydrogen) atoms. The smallest absolute Gasteiger partial charge is 0.303 e. The molecule has 168 valence electrons. The van der Waals surface area contributed by atoms with Crippen molar-refractivity contribution in [2.45, 2.75) is 26.7 Å². The number of aryl methyl sites for hydroxylation is 1. The van der Waals surface area contributed by atoms with E-state index in [4.69, 9.17) is 5.11 Å². The molecule has 0 unspecified atom stereocenters. The van der Waals surface area contributed by atoms with Crippen molar-refractivity contribution in [3.05, 3.63) is 82.2 Å². The van der Waals surface area contributed by atoms with E-state index < -0.39 is 5.97 Å². The number of fused-ring (bicyclic) bond motifs is 1. The van der Waals surface area contributed by atoms with Gasteiger partial charge in [0.15, 0.2) is 0 Å². The van der Waals surface area contributed by atoms with E-state index in [-0.39, 0.29) is 18.2 Å². The van der Waals surface area contributed by atoms with Gasteiger partial charge in [-0.25, -0.2) is 0 Å². The number of carbonyl (C=O) groups excluding carboxylic acids is 2. The zero-order chi connectivity index (χ0) is 23.5. The number of rotatable bonds is 7. The number of hydrogen-bond acceptors (Lipinski definition) is 4. The fraction of sp³-hybridized carbons (Fsp3) is 0.160. The van der Waals surface area contributed by atoms with Gasteiger partial charge in [-0.1, -0.05) is 18.2 Å². The van der Waals surface area contributed by atoms with Gasteiger partial charge in [0.25, 0.3) is 11.8 Å². The minimum Gasteiger partial charge on any atom is -0.481 e. The number of aliphatic carboxylic acids is 1. The molecule has 1 aliphatic heterocycles. The van der Waals surface area contributed by atoms with Crippen LogP contribution in [0.3, 0.4) is 0 Å². The molecule has 0 fully saturated rings. The predicted octanol–water partition coefficient (Wildman–Crippen LogP) is 3.90. The lowest BCUT2D eigenvalue weighted by Gasteiger charge is -2.09. The number of benzene rings is 2. The zero-order valence-electron chi connectivity index (χ0n) is 18.3. The maximum Gasteiger partial charge on any atom is 0.303 e. The van der Waals surface area contributed by atoms with E-state index in [0.29, 0.717) is 28.8 Å². The Bertz CT molecular complexity index is 1280. The molecule has 0 bridgehead atoms. The number of para-hydroxylation sites is 1. The van der Waals surface area contributed by atoms with Crippen LogP contribution >= 0.6 is 0 Å². The highest BCUT2D eigenvalue weighted by atomic mass is 16.4. The van der Waals surface area contributed by atoms with Crippen molar-refractivity contribution < 1.29 is 19.5 Å². The Morgan fingerprint density at radius 2 is 1.85 bits per heavy atom. The lowest BCUT2D eigenvalue weighted by Crippen LogP contribution is -2.29. The Hall–Kier alpha value is -4.33. The average Bonchev–Trinajstić information content (AvgIpc) is 3.25. The van der Waals surface area contributed by atoms with E-state index in [0.717, 1.165) is 28.2 Å². The molecule has 4 rings (SSSR count). The number of amides is 2. The fourth-order valence-corrected chi connectivity index (χ4v) is 3.91. The van der Waals surface area contributed by atoms with Crippen LogP contribution in [0.5, 0.6) is 0 Å². The van der Waals surface area contributed by atoms with Crippen LogP contribution in [0.4, 0.5) is 11.4 Å². The minimum atomic E-state index is -0.855. The quantitative estimate of drug-likeness (QED) is 0.279. The maximum atomic E-state index is 12.7. The second-order valence-corrected chi connectivity index (χ2v) is 7.88. The van der Waals surface area contributed by atoms with Crippen LogP contribution in [0.2, 0.25) is 0 Å². The molecule has 0 saturated heterocycles. The molecule has 0 saturated carbocycles. The first kappa shape index (κ1) is 21.9. The topological polar surface area (TPSA) is 123 Å². The first-order valence-corrected chi connectivity index (χ1v) is 10.5. The molecule has 5 N–H and O–H groups in total. The third-order valence-corrected chi connectivity index (χ3v) is 5.67. The summed E-state index contributed by atoms with van der Waals surface area (Å²) in [6.07, 6.45) is 2.19. The van der Waals surface area contributed by atoms with Crippen molar-refractivity contribution in [3.8, 4) is 0 Å². The summed E-state index contributed by atoms with van der Waals surface area (Å²) in [5, 5.41) is 11.8. The number of anilines is 2. The summed E-state index contributed by atoms with van der Waals surface area (Å²) in [7, 11) is 0. The second kappa shape index (κ2) is 9.04. The van der Waals surface area contributed by atoms with E-state index >= 15 is 0 Å². The van der Waals surface area contributed by atoms with E-state index in [1.165, 1.54) is 0 Å². The lowest BCUT2D eigenvalue weighted by atomic mass is 10.0. The Balaban J connectivity index is 1.60. The molecule has 2 aromatic carbocycles. The summed E-state index contributed by atoms with van der Waals surface area (Å²) in [5.74, 6) is -1.45. The molecule has 2 amide bonds. The van der Waals surface area contributed by atoms with Crippen molar-refractivity contribution in [1.29, 1.82) is 0 Å². The highest BCUT2D eigenvalue weighted by molar-refractivity contribution is 6.35. The summed E-state index contributed by atoms with van der Waals surface area (Å²) in [6, 6.07) is 14.3. The van der Waals surface area contributed by atoms with Crippen molar-refractivity contribution in [1.82, 2.24) is 10.4 Å². The Morgan fingerprint density at radius 1 is 1.09 bits per heavy atom. The van der Waals surface area contributed by atoms with E-state index in [1.54, 1.807) is 24.3 Å². The van der Waals surface area contributed by atoms with Gasteiger partial charge >= 0.3 is 5.97 Å². The van der Waals surface area contributed by atoms with E-state index in [9.17, 15) is 14.4 Å². The predicted molar refractivity (Wildman–Crippen MR) is 127 cm³/mol. The van der Waals surface area contributed by atoms with Gasteiger partial charge in [0, 0.05) is 34.6 Å². The molecule has 2 heterocycles. The van der Waals surface area contributed by atoms with Gasteiger partial charge in [-0.3, -0.25) is 25.2 Å². The van der Waals surface area contributed by atoms with Gasteiger partial charge in [-0.2, -0.15) is 0 Å². The molecule has 0 aliphatic carbocycles. The molecule has 8 heteroatoms. The number of hydrazine groups is 1. The second-order valence-electron chi connectivity index (χ2n) is 7.88. The Kier molecular flexibility index (Phi) is 5.99. The summed E-state index contributed by atoms with van der Waals surface area (Å²) >= 11 is 0. The van der Waals surface area contributed by atoms with Crippen LogP contribution in [0.1, 0.15) is 44.9 Å². The van der Waals surface area contributed by atoms with Crippen molar-refractivity contribution >= 4 is 40.8 Å². The Labute approximate surface area is 190 Å². The SMILES string of the molecule is Cc1[nH]c(C=C2C(=O)Nc3ccc(C(=O)NNc4ccccc4)cc32)c(C)c1CCC(=O)O. The van der Waals surface area contributed by atoms with Gasteiger partial charge < -0.3 is 15.4 Å². The van der Waals surface area contributed by atoms with Gasteiger partial charge in [-0.15, -0.1) is 0 Å². The lowest BCUT2D eigenvalue weighted by molar-refractivity contribution is -0.137. The van der Waals surface area contributed by atoms with Crippen LogP contribution in [0.15, 0.2) is 48.5 Å². The monoisotopic (exact) mass is 444 g/mol. The number of hydrogen-bond donors (Lipinski definition) is 5. The number of aromatic nitrogens is 1.